The normalized spacial score (nSPS) is 11.9. The van der Waals surface area contributed by atoms with Gasteiger partial charge in [-0.25, -0.2) is 4.79 Å². The number of aromatic nitrogens is 1. The Kier molecular flexibility index (Phi) is 6.28. The Morgan fingerprint density at radius 2 is 1.96 bits per heavy atom. The summed E-state index contributed by atoms with van der Waals surface area (Å²) in [6.07, 6.45) is 2.37. The number of nitrogens with one attached hydrogen (secondary N) is 3. The third-order valence-electron chi connectivity index (χ3n) is 4.42. The number of hydrogen-bond acceptors (Lipinski definition) is 4. The number of halogens is 1. The van der Waals surface area contributed by atoms with Crippen molar-refractivity contribution in [1.29, 1.82) is 0 Å². The van der Waals surface area contributed by atoms with Gasteiger partial charge in [0.05, 0.1) is 37.6 Å². The molecule has 0 bridgehead atoms. The number of amides is 2. The average Bonchev–Trinajstić information content (AvgIpc) is 3.10. The van der Waals surface area contributed by atoms with Crippen molar-refractivity contribution < 1.29 is 19.4 Å². The van der Waals surface area contributed by atoms with Crippen molar-refractivity contribution in [1.82, 2.24) is 10.3 Å². The van der Waals surface area contributed by atoms with Crippen LogP contribution in [0.4, 0.5) is 10.5 Å². The lowest BCUT2D eigenvalue weighted by Gasteiger charge is -2.18. The molecule has 0 fully saturated rings. The summed E-state index contributed by atoms with van der Waals surface area (Å²) >= 11 is 6.13. The second kappa shape index (κ2) is 8.86. The van der Waals surface area contributed by atoms with Crippen LogP contribution in [0, 0.1) is 0 Å². The Morgan fingerprint density at radius 3 is 2.68 bits per heavy atom. The minimum Gasteiger partial charge on any atom is -0.495 e. The number of anilines is 1. The van der Waals surface area contributed by atoms with E-state index in [0.717, 1.165) is 16.5 Å². The van der Waals surface area contributed by atoms with Gasteiger partial charge >= 0.3 is 6.03 Å². The standard InChI is InChI=1S/C20H22ClN3O4/c1-27-18-9-19(28-2)17(8-15(18)21)24-20(26)23-13(11-25)7-12-10-22-16-6-4-3-5-14(12)16/h3-6,8-10,13,22,25H,7,11H2,1-2H3,(H2,23,24,26). The molecule has 2 amide bonds. The van der Waals surface area contributed by atoms with Crippen LogP contribution in [0.2, 0.25) is 5.02 Å². The maximum Gasteiger partial charge on any atom is 0.319 e. The van der Waals surface area contributed by atoms with E-state index in [1.807, 2.05) is 30.5 Å². The summed E-state index contributed by atoms with van der Waals surface area (Å²) in [5.74, 6) is 0.852. The monoisotopic (exact) mass is 403 g/mol. The van der Waals surface area contributed by atoms with E-state index in [0.29, 0.717) is 28.6 Å². The van der Waals surface area contributed by atoms with Crippen LogP contribution in [0.5, 0.6) is 11.5 Å². The van der Waals surface area contributed by atoms with Crippen LogP contribution in [0.15, 0.2) is 42.6 Å². The number of H-pyrrole nitrogens is 1. The molecule has 3 aromatic rings. The number of para-hydroxylation sites is 1. The van der Waals surface area contributed by atoms with Crippen molar-refractivity contribution in [2.75, 3.05) is 26.1 Å². The summed E-state index contributed by atoms with van der Waals surface area (Å²) in [5, 5.41) is 16.6. The maximum absolute atomic E-state index is 12.4. The first-order valence-corrected chi connectivity index (χ1v) is 9.08. The molecule has 3 rings (SSSR count). The molecule has 0 aliphatic heterocycles. The fourth-order valence-corrected chi connectivity index (χ4v) is 3.27. The number of aliphatic hydroxyl groups is 1. The van der Waals surface area contributed by atoms with Gasteiger partial charge in [-0.1, -0.05) is 29.8 Å². The van der Waals surface area contributed by atoms with E-state index >= 15 is 0 Å². The molecule has 1 unspecified atom stereocenters. The third-order valence-corrected chi connectivity index (χ3v) is 4.71. The van der Waals surface area contributed by atoms with E-state index in [-0.39, 0.29) is 6.61 Å². The van der Waals surface area contributed by atoms with Gasteiger partial charge in [0.1, 0.15) is 11.5 Å². The van der Waals surface area contributed by atoms with Crippen LogP contribution in [0.1, 0.15) is 5.56 Å². The van der Waals surface area contributed by atoms with Crippen LogP contribution < -0.4 is 20.1 Å². The highest BCUT2D eigenvalue weighted by molar-refractivity contribution is 6.32. The second-order valence-electron chi connectivity index (χ2n) is 6.23. The summed E-state index contributed by atoms with van der Waals surface area (Å²) in [5.41, 5.74) is 2.42. The van der Waals surface area contributed by atoms with Crippen LogP contribution in [0.3, 0.4) is 0 Å². The van der Waals surface area contributed by atoms with E-state index in [4.69, 9.17) is 21.1 Å². The van der Waals surface area contributed by atoms with Gasteiger partial charge in [-0.15, -0.1) is 0 Å². The lowest BCUT2D eigenvalue weighted by atomic mass is 10.1. The number of hydrogen-bond donors (Lipinski definition) is 4. The Morgan fingerprint density at radius 1 is 1.21 bits per heavy atom. The second-order valence-corrected chi connectivity index (χ2v) is 6.64. The Bertz CT molecular complexity index is 973. The number of methoxy groups -OCH3 is 2. The van der Waals surface area contributed by atoms with E-state index in [1.165, 1.54) is 14.2 Å². The first kappa shape index (κ1) is 19.9. The summed E-state index contributed by atoms with van der Waals surface area (Å²) in [4.78, 5) is 15.6. The van der Waals surface area contributed by atoms with E-state index in [2.05, 4.69) is 15.6 Å². The summed E-state index contributed by atoms with van der Waals surface area (Å²) in [6, 6.07) is 10.1. The third kappa shape index (κ3) is 4.32. The summed E-state index contributed by atoms with van der Waals surface area (Å²) < 4.78 is 10.4. The zero-order valence-corrected chi connectivity index (χ0v) is 16.3. The molecular weight excluding hydrogens is 382 g/mol. The van der Waals surface area contributed by atoms with Crippen molar-refractivity contribution in [3.05, 3.63) is 53.2 Å². The SMILES string of the molecule is COc1cc(OC)c(NC(=O)NC(CO)Cc2c[nH]c3ccccc23)cc1Cl. The fourth-order valence-electron chi connectivity index (χ4n) is 3.03. The molecule has 148 valence electrons. The topological polar surface area (TPSA) is 95.6 Å². The molecule has 0 saturated heterocycles. The van der Waals surface area contributed by atoms with E-state index in [1.54, 1.807) is 12.1 Å². The molecule has 0 aliphatic carbocycles. The first-order chi connectivity index (χ1) is 13.5. The molecule has 0 saturated carbocycles. The zero-order chi connectivity index (χ0) is 20.1. The maximum atomic E-state index is 12.4. The molecule has 28 heavy (non-hydrogen) atoms. The van der Waals surface area contributed by atoms with Crippen molar-refractivity contribution in [2.45, 2.75) is 12.5 Å². The average molecular weight is 404 g/mol. The molecule has 1 heterocycles. The molecule has 0 spiro atoms. The number of benzene rings is 2. The predicted molar refractivity (Wildman–Crippen MR) is 110 cm³/mol. The minimum atomic E-state index is -0.474. The number of carbonyl (C=O) groups excluding carboxylic acids is 1. The highest BCUT2D eigenvalue weighted by atomic mass is 35.5. The zero-order valence-electron chi connectivity index (χ0n) is 15.6. The minimum absolute atomic E-state index is 0.201. The van der Waals surface area contributed by atoms with Crippen molar-refractivity contribution in [2.24, 2.45) is 0 Å². The molecule has 0 radical (unpaired) electrons. The smallest absolute Gasteiger partial charge is 0.319 e. The van der Waals surface area contributed by atoms with Crippen LogP contribution in [-0.4, -0.2) is 43.0 Å². The summed E-state index contributed by atoms with van der Waals surface area (Å²) in [6.45, 7) is -0.201. The van der Waals surface area contributed by atoms with Crippen LogP contribution in [-0.2, 0) is 6.42 Å². The lowest BCUT2D eigenvalue weighted by molar-refractivity contribution is 0.224. The number of aromatic amines is 1. The predicted octanol–water partition coefficient (Wildman–Crippen LogP) is 3.56. The Balaban J connectivity index is 1.70. The molecule has 0 aliphatic rings. The Hall–Kier alpha value is -2.90. The lowest BCUT2D eigenvalue weighted by Crippen LogP contribution is -2.41. The number of carbonyl (C=O) groups is 1. The molecular formula is C20H22ClN3O4. The van der Waals surface area contributed by atoms with Crippen LogP contribution in [0.25, 0.3) is 10.9 Å². The van der Waals surface area contributed by atoms with Crippen molar-refractivity contribution >= 4 is 34.2 Å². The van der Waals surface area contributed by atoms with E-state index < -0.39 is 12.1 Å². The van der Waals surface area contributed by atoms with Gasteiger partial charge in [0, 0.05) is 23.2 Å². The number of ether oxygens (including phenoxy) is 2. The molecule has 1 aromatic heterocycles. The largest absolute Gasteiger partial charge is 0.495 e. The summed E-state index contributed by atoms with van der Waals surface area (Å²) in [7, 11) is 2.98. The number of rotatable bonds is 7. The molecule has 8 heteroatoms. The van der Waals surface area contributed by atoms with Gasteiger partial charge < -0.3 is 30.2 Å². The van der Waals surface area contributed by atoms with Gasteiger partial charge in [0.25, 0.3) is 0 Å². The van der Waals surface area contributed by atoms with Crippen molar-refractivity contribution in [3.8, 4) is 11.5 Å². The first-order valence-electron chi connectivity index (χ1n) is 8.70. The molecule has 4 N–H and O–H groups in total. The van der Waals surface area contributed by atoms with Gasteiger partial charge in [0.2, 0.25) is 0 Å². The van der Waals surface area contributed by atoms with Gasteiger partial charge in [0.15, 0.2) is 0 Å². The van der Waals surface area contributed by atoms with E-state index in [9.17, 15) is 9.90 Å². The van der Waals surface area contributed by atoms with Crippen molar-refractivity contribution in [3.63, 3.8) is 0 Å². The molecule has 1 atom stereocenters. The van der Waals surface area contributed by atoms with Gasteiger partial charge in [-0.2, -0.15) is 0 Å². The molecule has 7 nitrogen and oxygen atoms in total. The molecule has 2 aromatic carbocycles. The fraction of sp³-hybridized carbons (Fsp3) is 0.250. The highest BCUT2D eigenvalue weighted by Gasteiger charge is 2.17. The number of fused-ring (bicyclic) bond motifs is 1. The number of urea groups is 1. The van der Waals surface area contributed by atoms with Gasteiger partial charge in [-0.05, 0) is 24.1 Å². The van der Waals surface area contributed by atoms with Crippen LogP contribution >= 0.6 is 11.6 Å². The quantitative estimate of drug-likeness (QED) is 0.485. The number of aliphatic hydroxyl groups excluding tert-OH is 1. The highest BCUT2D eigenvalue weighted by Crippen LogP contribution is 2.35. The Labute approximate surface area is 167 Å². The van der Waals surface area contributed by atoms with Gasteiger partial charge in [-0.3, -0.25) is 0 Å².